The molecule has 6 nitrogen and oxygen atoms in total. The number of methoxy groups -OCH3 is 1. The van der Waals surface area contributed by atoms with Crippen LogP contribution in [-0.2, 0) is 38.1 Å². The first-order chi connectivity index (χ1) is 16.3. The van der Waals surface area contributed by atoms with Gasteiger partial charge >= 0.3 is 5.97 Å². The van der Waals surface area contributed by atoms with Gasteiger partial charge in [-0.15, -0.1) is 0 Å². The van der Waals surface area contributed by atoms with E-state index in [1.54, 1.807) is 0 Å². The summed E-state index contributed by atoms with van der Waals surface area (Å²) in [5.41, 5.74) is 2.37. The zero-order valence-corrected chi connectivity index (χ0v) is 20.8. The predicted octanol–water partition coefficient (Wildman–Crippen LogP) is 5.07. The number of esters is 1. The standard InChI is InChI=1S/C27H33NO5S/c1-32-26(29)27(15-4-5-16-27)33-24-11-8-21(9-12-24)7-3-6-17-28-18-14-23-19-22(10-13-25(23)28)20-34(2,30)31/h8-14,18-19H,3-7,15-17,20H2,1-2H3. The molecule has 2 aromatic carbocycles. The zero-order chi connectivity index (χ0) is 24.2. The number of carbonyl (C=O) groups is 1. The lowest BCUT2D eigenvalue weighted by molar-refractivity contribution is -0.158. The van der Waals surface area contributed by atoms with Gasteiger partial charge in [0.25, 0.3) is 0 Å². The molecule has 1 heterocycles. The second-order valence-corrected chi connectivity index (χ2v) is 11.5. The van der Waals surface area contributed by atoms with E-state index in [0.29, 0.717) is 18.6 Å². The van der Waals surface area contributed by atoms with E-state index in [-0.39, 0.29) is 11.7 Å². The highest BCUT2D eigenvalue weighted by Gasteiger charge is 2.44. The Kier molecular flexibility index (Phi) is 7.31. The first-order valence-electron chi connectivity index (χ1n) is 11.9. The Balaban J connectivity index is 1.29. The fraction of sp³-hybridized carbons (Fsp3) is 0.444. The second kappa shape index (κ2) is 10.2. The number of hydrogen-bond acceptors (Lipinski definition) is 5. The summed E-state index contributed by atoms with van der Waals surface area (Å²) in [6, 6.07) is 16.0. The Labute approximate surface area is 201 Å². The molecule has 0 atom stereocenters. The van der Waals surface area contributed by atoms with Crippen LogP contribution in [0.1, 0.15) is 49.7 Å². The van der Waals surface area contributed by atoms with Crippen LogP contribution < -0.4 is 4.74 Å². The van der Waals surface area contributed by atoms with Gasteiger partial charge in [0.1, 0.15) is 5.75 Å². The van der Waals surface area contributed by atoms with E-state index in [1.807, 2.05) is 36.4 Å². The fourth-order valence-corrected chi connectivity index (χ4v) is 5.66. The minimum Gasteiger partial charge on any atom is -0.476 e. The Bertz CT molecular complexity index is 1240. The maximum absolute atomic E-state index is 12.3. The van der Waals surface area contributed by atoms with Crippen LogP contribution in [-0.4, -0.2) is 37.9 Å². The molecule has 34 heavy (non-hydrogen) atoms. The van der Waals surface area contributed by atoms with Crippen molar-refractivity contribution >= 4 is 26.7 Å². The number of hydrogen-bond donors (Lipinski definition) is 0. The number of sulfone groups is 1. The van der Waals surface area contributed by atoms with Crippen LogP contribution in [0.2, 0.25) is 0 Å². The topological polar surface area (TPSA) is 74.6 Å². The Morgan fingerprint density at radius 2 is 1.71 bits per heavy atom. The van der Waals surface area contributed by atoms with Crippen molar-refractivity contribution in [1.82, 2.24) is 4.57 Å². The van der Waals surface area contributed by atoms with Crippen molar-refractivity contribution in [2.24, 2.45) is 0 Å². The van der Waals surface area contributed by atoms with Crippen molar-refractivity contribution in [3.05, 3.63) is 65.9 Å². The Hall–Kier alpha value is -2.80. The summed E-state index contributed by atoms with van der Waals surface area (Å²) in [7, 11) is -1.62. The molecule has 0 N–H and O–H groups in total. The highest BCUT2D eigenvalue weighted by molar-refractivity contribution is 7.89. The lowest BCUT2D eigenvalue weighted by atomic mass is 10.0. The summed E-state index contributed by atoms with van der Waals surface area (Å²) < 4.78 is 36.4. The molecule has 0 spiro atoms. The second-order valence-electron chi connectivity index (χ2n) is 9.37. The van der Waals surface area contributed by atoms with Crippen molar-refractivity contribution in [2.45, 2.75) is 62.8 Å². The van der Waals surface area contributed by atoms with Crippen LogP contribution in [0.4, 0.5) is 0 Å². The van der Waals surface area contributed by atoms with Crippen molar-refractivity contribution in [3.8, 4) is 5.75 Å². The molecule has 1 aliphatic carbocycles. The minimum atomic E-state index is -3.04. The number of benzene rings is 2. The van der Waals surface area contributed by atoms with Crippen molar-refractivity contribution in [1.29, 1.82) is 0 Å². The third-order valence-corrected chi connectivity index (χ3v) is 7.44. The van der Waals surface area contributed by atoms with Gasteiger partial charge in [-0.1, -0.05) is 18.2 Å². The molecule has 0 radical (unpaired) electrons. The number of aromatic nitrogens is 1. The van der Waals surface area contributed by atoms with Crippen molar-refractivity contribution in [3.63, 3.8) is 0 Å². The van der Waals surface area contributed by atoms with Crippen LogP contribution in [0.3, 0.4) is 0 Å². The van der Waals surface area contributed by atoms with Crippen molar-refractivity contribution < 1.29 is 22.7 Å². The molecule has 3 aromatic rings. The van der Waals surface area contributed by atoms with E-state index >= 15 is 0 Å². The van der Waals surface area contributed by atoms with Crippen LogP contribution in [0.5, 0.6) is 5.75 Å². The van der Waals surface area contributed by atoms with Gasteiger partial charge in [-0.2, -0.15) is 0 Å². The summed E-state index contributed by atoms with van der Waals surface area (Å²) in [5, 5.41) is 1.07. The summed E-state index contributed by atoms with van der Waals surface area (Å²) >= 11 is 0. The van der Waals surface area contributed by atoms with Crippen LogP contribution in [0, 0.1) is 0 Å². The summed E-state index contributed by atoms with van der Waals surface area (Å²) in [5.74, 6) is 0.505. The van der Waals surface area contributed by atoms with E-state index in [9.17, 15) is 13.2 Å². The number of nitrogens with zero attached hydrogens (tertiary/aromatic N) is 1. The van der Waals surface area contributed by atoms with E-state index < -0.39 is 15.4 Å². The van der Waals surface area contributed by atoms with Gasteiger partial charge in [0.15, 0.2) is 9.84 Å². The van der Waals surface area contributed by atoms with Crippen molar-refractivity contribution in [2.75, 3.05) is 13.4 Å². The fourth-order valence-electron chi connectivity index (χ4n) is 4.88. The molecule has 4 rings (SSSR count). The number of carbonyl (C=O) groups excluding carboxylic acids is 1. The highest BCUT2D eigenvalue weighted by Crippen LogP contribution is 2.35. The van der Waals surface area contributed by atoms with Gasteiger partial charge in [0.2, 0.25) is 5.60 Å². The molecular formula is C27H33NO5S. The number of aryl methyl sites for hydroxylation is 2. The lowest BCUT2D eigenvalue weighted by Crippen LogP contribution is -2.42. The Morgan fingerprint density at radius 1 is 1.00 bits per heavy atom. The van der Waals surface area contributed by atoms with E-state index in [0.717, 1.165) is 55.1 Å². The first kappa shape index (κ1) is 24.3. The molecule has 1 aliphatic rings. The smallest absolute Gasteiger partial charge is 0.350 e. The quantitative estimate of drug-likeness (QED) is 0.297. The highest BCUT2D eigenvalue weighted by atomic mass is 32.2. The predicted molar refractivity (Wildman–Crippen MR) is 134 cm³/mol. The number of fused-ring (bicyclic) bond motifs is 1. The van der Waals surface area contributed by atoms with Gasteiger partial charge in [-0.05, 0) is 91.8 Å². The van der Waals surface area contributed by atoms with Crippen LogP contribution >= 0.6 is 0 Å². The summed E-state index contributed by atoms with van der Waals surface area (Å²) in [6.45, 7) is 0.914. The van der Waals surface area contributed by atoms with Crippen LogP contribution in [0.15, 0.2) is 54.7 Å². The maximum Gasteiger partial charge on any atom is 0.350 e. The normalized spacial score (nSPS) is 15.5. The van der Waals surface area contributed by atoms with Gasteiger partial charge < -0.3 is 14.0 Å². The number of rotatable bonds is 10. The molecule has 0 unspecified atom stereocenters. The van der Waals surface area contributed by atoms with Gasteiger partial charge in [0, 0.05) is 24.5 Å². The molecule has 1 aromatic heterocycles. The molecule has 1 fully saturated rings. The minimum absolute atomic E-state index is 0.0711. The van der Waals surface area contributed by atoms with E-state index in [4.69, 9.17) is 9.47 Å². The molecular weight excluding hydrogens is 450 g/mol. The molecule has 182 valence electrons. The number of unbranched alkanes of at least 4 members (excludes halogenated alkanes) is 1. The van der Waals surface area contributed by atoms with E-state index in [1.165, 1.54) is 18.9 Å². The summed E-state index contributed by atoms with van der Waals surface area (Å²) in [4.78, 5) is 12.3. The van der Waals surface area contributed by atoms with Crippen LogP contribution in [0.25, 0.3) is 10.9 Å². The Morgan fingerprint density at radius 3 is 2.38 bits per heavy atom. The largest absolute Gasteiger partial charge is 0.476 e. The van der Waals surface area contributed by atoms with Gasteiger partial charge in [0.05, 0.1) is 12.9 Å². The third kappa shape index (κ3) is 5.81. The molecule has 1 saturated carbocycles. The number of ether oxygens (including phenoxy) is 2. The summed E-state index contributed by atoms with van der Waals surface area (Å²) in [6.07, 6.45) is 9.76. The SMILES string of the molecule is COC(=O)C1(Oc2ccc(CCCCn3ccc4cc(CS(C)(=O)=O)ccc43)cc2)CCCC1. The lowest BCUT2D eigenvalue weighted by Gasteiger charge is -2.27. The molecule has 0 bridgehead atoms. The molecule has 0 aliphatic heterocycles. The first-order valence-corrected chi connectivity index (χ1v) is 14.0. The maximum atomic E-state index is 12.3. The zero-order valence-electron chi connectivity index (χ0n) is 20.0. The molecule has 7 heteroatoms. The monoisotopic (exact) mass is 483 g/mol. The van der Waals surface area contributed by atoms with Gasteiger partial charge in [-0.25, -0.2) is 13.2 Å². The molecule has 0 saturated heterocycles. The average molecular weight is 484 g/mol. The van der Waals surface area contributed by atoms with Gasteiger partial charge in [-0.3, -0.25) is 0 Å². The van der Waals surface area contributed by atoms with E-state index in [2.05, 4.69) is 22.9 Å². The third-order valence-electron chi connectivity index (χ3n) is 6.58. The average Bonchev–Trinajstić information content (AvgIpc) is 3.44. The molecule has 0 amide bonds.